The molecule has 5 nitrogen and oxygen atoms in total. The van der Waals surface area contributed by atoms with Gasteiger partial charge >= 0.3 is 0 Å². The molecule has 1 aromatic heterocycles. The van der Waals surface area contributed by atoms with Crippen LogP contribution in [0.1, 0.15) is 19.6 Å². The van der Waals surface area contributed by atoms with Crippen molar-refractivity contribution in [1.82, 2.24) is 4.90 Å². The number of hydrogen-bond acceptors (Lipinski definition) is 5. The molecule has 1 aromatic rings. The minimum absolute atomic E-state index is 0.226. The quantitative estimate of drug-likeness (QED) is 0.708. The van der Waals surface area contributed by atoms with Gasteiger partial charge < -0.3 is 14.3 Å². The monoisotopic (exact) mass is 252 g/mol. The largest absolute Gasteiger partial charge is 0.467 e. The van der Waals surface area contributed by atoms with Crippen molar-refractivity contribution < 1.29 is 14.3 Å². The molecule has 1 N–H and O–H groups in total. The fourth-order valence-electron chi connectivity index (χ4n) is 1.56. The van der Waals surface area contributed by atoms with E-state index >= 15 is 0 Å². The fraction of sp³-hybridized carbons (Fsp3) is 0.615. The van der Waals surface area contributed by atoms with E-state index in [1.807, 2.05) is 24.8 Å². The van der Waals surface area contributed by atoms with Gasteiger partial charge in [-0.25, -0.2) is 0 Å². The average molecular weight is 252 g/mol. The summed E-state index contributed by atoms with van der Waals surface area (Å²) >= 11 is 0. The maximum atomic E-state index is 9.82. The Morgan fingerprint density at radius 3 is 2.89 bits per heavy atom. The number of rotatable bonds is 8. The van der Waals surface area contributed by atoms with E-state index in [9.17, 15) is 5.11 Å². The molecule has 1 atom stereocenters. The predicted octanol–water partition coefficient (Wildman–Crippen LogP) is 1.39. The summed E-state index contributed by atoms with van der Waals surface area (Å²) in [6, 6.07) is 5.93. The highest BCUT2D eigenvalue weighted by atomic mass is 16.5. The van der Waals surface area contributed by atoms with Gasteiger partial charge in [0.05, 0.1) is 31.6 Å². The van der Waals surface area contributed by atoms with Gasteiger partial charge in [0.2, 0.25) is 0 Å². The third-order valence-electron chi connectivity index (χ3n) is 2.58. The summed E-state index contributed by atoms with van der Waals surface area (Å²) in [5, 5.41) is 18.5. The van der Waals surface area contributed by atoms with E-state index in [0.29, 0.717) is 19.7 Å². The topological polar surface area (TPSA) is 69.6 Å². The number of nitriles is 1. The second kappa shape index (κ2) is 7.88. The minimum atomic E-state index is -0.601. The maximum Gasteiger partial charge on any atom is 0.129 e. The van der Waals surface area contributed by atoms with Crippen molar-refractivity contribution in [1.29, 1.82) is 5.26 Å². The molecule has 18 heavy (non-hydrogen) atoms. The SMILES string of the molecule is CC(C)N(CC#N)CC(O)COCc1ccco1. The summed E-state index contributed by atoms with van der Waals surface area (Å²) in [6.45, 7) is 5.32. The first kappa shape index (κ1) is 14.7. The molecule has 1 heterocycles. The lowest BCUT2D eigenvalue weighted by Gasteiger charge is -2.25. The number of furan rings is 1. The Hall–Kier alpha value is -1.35. The van der Waals surface area contributed by atoms with Crippen LogP contribution in [0.2, 0.25) is 0 Å². The Morgan fingerprint density at radius 2 is 2.33 bits per heavy atom. The molecule has 1 unspecified atom stereocenters. The van der Waals surface area contributed by atoms with Crippen molar-refractivity contribution in [3.63, 3.8) is 0 Å². The standard InChI is InChI=1S/C13H20N2O3/c1-11(2)15(6-5-14)8-12(16)9-17-10-13-4-3-7-18-13/h3-4,7,11-12,16H,6,8-10H2,1-2H3. The number of aliphatic hydroxyl groups is 1. The number of hydrogen-bond donors (Lipinski definition) is 1. The van der Waals surface area contributed by atoms with Crippen molar-refractivity contribution in [2.75, 3.05) is 19.7 Å². The van der Waals surface area contributed by atoms with Gasteiger partial charge in [0, 0.05) is 12.6 Å². The lowest BCUT2D eigenvalue weighted by atomic mass is 10.2. The molecule has 5 heteroatoms. The molecule has 0 spiro atoms. The van der Waals surface area contributed by atoms with E-state index in [1.165, 1.54) is 0 Å². The van der Waals surface area contributed by atoms with E-state index in [2.05, 4.69) is 6.07 Å². The van der Waals surface area contributed by atoms with Gasteiger partial charge in [-0.1, -0.05) is 0 Å². The summed E-state index contributed by atoms with van der Waals surface area (Å²) in [7, 11) is 0. The van der Waals surface area contributed by atoms with Gasteiger partial charge in [0.1, 0.15) is 12.4 Å². The van der Waals surface area contributed by atoms with Gasteiger partial charge in [-0.15, -0.1) is 0 Å². The summed E-state index contributed by atoms with van der Waals surface area (Å²) in [6.07, 6.45) is 0.985. The van der Waals surface area contributed by atoms with E-state index in [0.717, 1.165) is 5.76 Å². The molecule has 100 valence electrons. The van der Waals surface area contributed by atoms with E-state index in [4.69, 9.17) is 14.4 Å². The van der Waals surface area contributed by atoms with Crippen molar-refractivity contribution in [3.8, 4) is 6.07 Å². The highest BCUT2D eigenvalue weighted by Gasteiger charge is 2.14. The number of nitrogens with zero attached hydrogens (tertiary/aromatic N) is 2. The fourth-order valence-corrected chi connectivity index (χ4v) is 1.56. The van der Waals surface area contributed by atoms with Crippen LogP contribution in [0.25, 0.3) is 0 Å². The van der Waals surface area contributed by atoms with Crippen LogP contribution < -0.4 is 0 Å². The van der Waals surface area contributed by atoms with Crippen LogP contribution in [0.3, 0.4) is 0 Å². The summed E-state index contributed by atoms with van der Waals surface area (Å²) in [5.41, 5.74) is 0. The third kappa shape index (κ3) is 5.32. The lowest BCUT2D eigenvalue weighted by molar-refractivity contribution is 0.00273. The van der Waals surface area contributed by atoms with Gasteiger partial charge in [0.15, 0.2) is 0 Å². The van der Waals surface area contributed by atoms with Crippen LogP contribution in [-0.2, 0) is 11.3 Å². The van der Waals surface area contributed by atoms with Gasteiger partial charge in [0.25, 0.3) is 0 Å². The van der Waals surface area contributed by atoms with Crippen molar-refractivity contribution in [3.05, 3.63) is 24.2 Å². The zero-order valence-electron chi connectivity index (χ0n) is 10.9. The minimum Gasteiger partial charge on any atom is -0.467 e. The predicted molar refractivity (Wildman–Crippen MR) is 66.7 cm³/mol. The molecule has 0 radical (unpaired) electrons. The highest BCUT2D eigenvalue weighted by Crippen LogP contribution is 2.04. The van der Waals surface area contributed by atoms with Crippen LogP contribution >= 0.6 is 0 Å². The zero-order valence-corrected chi connectivity index (χ0v) is 10.9. The molecule has 0 aliphatic carbocycles. The Balaban J connectivity index is 2.23. The highest BCUT2D eigenvalue weighted by molar-refractivity contribution is 4.96. The Morgan fingerprint density at radius 1 is 1.56 bits per heavy atom. The van der Waals surface area contributed by atoms with Crippen molar-refractivity contribution >= 4 is 0 Å². The van der Waals surface area contributed by atoms with E-state index in [1.54, 1.807) is 12.3 Å². The molecule has 0 bridgehead atoms. The summed E-state index contributed by atoms with van der Waals surface area (Å²) < 4.78 is 10.5. The smallest absolute Gasteiger partial charge is 0.129 e. The second-order valence-electron chi connectivity index (χ2n) is 4.43. The van der Waals surface area contributed by atoms with Gasteiger partial charge in [-0.05, 0) is 26.0 Å². The molecule has 0 aliphatic heterocycles. The zero-order chi connectivity index (χ0) is 13.4. The molecule has 1 rings (SSSR count). The van der Waals surface area contributed by atoms with Gasteiger partial charge in [-0.3, -0.25) is 4.90 Å². The first-order valence-corrected chi connectivity index (χ1v) is 6.02. The van der Waals surface area contributed by atoms with Crippen molar-refractivity contribution in [2.24, 2.45) is 0 Å². The number of ether oxygens (including phenoxy) is 1. The van der Waals surface area contributed by atoms with Crippen LogP contribution in [-0.4, -0.2) is 41.8 Å². The van der Waals surface area contributed by atoms with Crippen LogP contribution in [0.5, 0.6) is 0 Å². The first-order valence-electron chi connectivity index (χ1n) is 6.02. The Labute approximate surface area is 108 Å². The molecule has 0 fully saturated rings. The molecule has 0 aromatic carbocycles. The Bertz CT molecular complexity index is 357. The molecular weight excluding hydrogens is 232 g/mol. The molecule has 0 saturated carbocycles. The van der Waals surface area contributed by atoms with Gasteiger partial charge in [-0.2, -0.15) is 5.26 Å². The van der Waals surface area contributed by atoms with Crippen LogP contribution in [0.15, 0.2) is 22.8 Å². The normalized spacial score (nSPS) is 12.9. The van der Waals surface area contributed by atoms with Crippen LogP contribution in [0.4, 0.5) is 0 Å². The maximum absolute atomic E-state index is 9.82. The van der Waals surface area contributed by atoms with Crippen molar-refractivity contribution in [2.45, 2.75) is 32.6 Å². The van der Waals surface area contributed by atoms with E-state index < -0.39 is 6.10 Å². The molecule has 0 amide bonds. The first-order chi connectivity index (χ1) is 8.63. The molecular formula is C13H20N2O3. The third-order valence-corrected chi connectivity index (χ3v) is 2.58. The average Bonchev–Trinajstić information content (AvgIpc) is 2.81. The Kier molecular flexibility index (Phi) is 6.44. The molecule has 0 aliphatic rings. The van der Waals surface area contributed by atoms with E-state index in [-0.39, 0.29) is 12.6 Å². The summed E-state index contributed by atoms with van der Waals surface area (Å²) in [5.74, 6) is 0.736. The second-order valence-corrected chi connectivity index (χ2v) is 4.43. The number of aliphatic hydroxyl groups excluding tert-OH is 1. The summed E-state index contributed by atoms with van der Waals surface area (Å²) in [4.78, 5) is 1.90. The van der Waals surface area contributed by atoms with Crippen LogP contribution in [0, 0.1) is 11.3 Å². The lowest BCUT2D eigenvalue weighted by Crippen LogP contribution is -2.39. The molecule has 0 saturated heterocycles.